The number of para-hydroxylation sites is 1. The van der Waals surface area contributed by atoms with E-state index in [2.05, 4.69) is 5.10 Å². The van der Waals surface area contributed by atoms with Gasteiger partial charge >= 0.3 is 11.9 Å². The zero-order valence-electron chi connectivity index (χ0n) is 14.6. The molecule has 2 aromatic carbocycles. The third kappa shape index (κ3) is 3.38. The molecule has 6 nitrogen and oxygen atoms in total. The highest BCUT2D eigenvalue weighted by Crippen LogP contribution is 2.35. The maximum atomic E-state index is 14.5. The van der Waals surface area contributed by atoms with Gasteiger partial charge in [-0.05, 0) is 24.3 Å². The highest BCUT2D eigenvalue weighted by molar-refractivity contribution is 6.35. The molecule has 3 rings (SSSR count). The molecule has 1 heterocycles. The van der Waals surface area contributed by atoms with Crippen LogP contribution in [0.25, 0.3) is 0 Å². The van der Waals surface area contributed by atoms with Crippen molar-refractivity contribution >= 4 is 34.9 Å². The van der Waals surface area contributed by atoms with Crippen LogP contribution in [0.5, 0.6) is 0 Å². The Labute approximate surface area is 160 Å². The minimum absolute atomic E-state index is 0.00389. The van der Waals surface area contributed by atoms with Crippen molar-refractivity contribution in [2.24, 2.45) is 11.0 Å². The molecule has 0 saturated heterocycles. The number of methoxy groups -OCH3 is 2. The van der Waals surface area contributed by atoms with E-state index in [1.54, 1.807) is 30.3 Å². The van der Waals surface area contributed by atoms with Gasteiger partial charge in [-0.1, -0.05) is 35.9 Å². The summed E-state index contributed by atoms with van der Waals surface area (Å²) in [5.41, 5.74) is 0.482. The fourth-order valence-electron chi connectivity index (χ4n) is 3.00. The molecule has 0 N–H and O–H groups in total. The molecule has 0 fully saturated rings. The van der Waals surface area contributed by atoms with Crippen LogP contribution in [0.4, 0.5) is 10.1 Å². The number of benzene rings is 2. The number of hydrogen-bond donors (Lipinski definition) is 0. The van der Waals surface area contributed by atoms with Crippen LogP contribution in [0.15, 0.2) is 53.6 Å². The molecule has 1 aliphatic rings. The Morgan fingerprint density at radius 1 is 1.04 bits per heavy atom. The molecule has 0 amide bonds. The summed E-state index contributed by atoms with van der Waals surface area (Å²) in [4.78, 5) is 25.0. The summed E-state index contributed by atoms with van der Waals surface area (Å²) in [6, 6.07) is 11.7. The van der Waals surface area contributed by atoms with Crippen molar-refractivity contribution in [3.63, 3.8) is 0 Å². The Bertz CT molecular complexity index is 884. The van der Waals surface area contributed by atoms with E-state index in [0.29, 0.717) is 5.69 Å². The Balaban J connectivity index is 2.22. The fourth-order valence-corrected chi connectivity index (χ4v) is 3.26. The van der Waals surface area contributed by atoms with Crippen LogP contribution in [-0.4, -0.2) is 37.9 Å². The van der Waals surface area contributed by atoms with Crippen LogP contribution in [0.3, 0.4) is 0 Å². The van der Waals surface area contributed by atoms with E-state index in [9.17, 15) is 14.0 Å². The first kappa shape index (κ1) is 18.8. The Morgan fingerprint density at radius 2 is 1.70 bits per heavy atom. The number of ether oxygens (including phenoxy) is 2. The smallest absolute Gasteiger partial charge is 0.332 e. The molecular formula is C19H16ClFN2O4. The van der Waals surface area contributed by atoms with Crippen molar-refractivity contribution < 1.29 is 23.5 Å². The Hall–Kier alpha value is -2.93. The number of rotatable bonds is 4. The maximum Gasteiger partial charge on any atom is 0.332 e. The molecule has 0 aromatic heterocycles. The quantitative estimate of drug-likeness (QED) is 0.751. The summed E-state index contributed by atoms with van der Waals surface area (Å²) in [7, 11) is 2.39. The molecule has 2 aromatic rings. The number of carbonyl (C=O) groups excluding carboxylic acids is 2. The molecule has 8 heteroatoms. The van der Waals surface area contributed by atoms with Crippen LogP contribution in [0.1, 0.15) is 5.56 Å². The predicted molar refractivity (Wildman–Crippen MR) is 98.2 cm³/mol. The second-order valence-electron chi connectivity index (χ2n) is 5.73. The molecular weight excluding hydrogens is 375 g/mol. The van der Waals surface area contributed by atoms with Crippen molar-refractivity contribution in [2.75, 3.05) is 19.2 Å². The molecule has 0 bridgehead atoms. The minimum Gasteiger partial charge on any atom is -0.468 e. The van der Waals surface area contributed by atoms with Crippen LogP contribution in [-0.2, 0) is 19.1 Å². The summed E-state index contributed by atoms with van der Waals surface area (Å²) < 4.78 is 24.3. The van der Waals surface area contributed by atoms with Gasteiger partial charge in [-0.15, -0.1) is 0 Å². The standard InChI is InChI=1S/C19H16ClFN2O4/c1-26-18(24)15-16(14-12(20)9-6-10-13(14)21)22-23(17(15)19(25)27-2)11-7-4-3-5-8-11/h3-10,15,17H,1-2H3/t15-,17-/m0/s1. The van der Waals surface area contributed by atoms with Gasteiger partial charge in [0.05, 0.1) is 36.2 Å². The van der Waals surface area contributed by atoms with Gasteiger partial charge in [-0.2, -0.15) is 5.10 Å². The average molecular weight is 391 g/mol. The molecule has 1 aliphatic heterocycles. The number of nitrogens with zero attached hydrogens (tertiary/aromatic N) is 2. The van der Waals surface area contributed by atoms with E-state index < -0.39 is 29.7 Å². The van der Waals surface area contributed by atoms with Crippen LogP contribution < -0.4 is 5.01 Å². The molecule has 27 heavy (non-hydrogen) atoms. The molecule has 0 saturated carbocycles. The van der Waals surface area contributed by atoms with Gasteiger partial charge < -0.3 is 9.47 Å². The predicted octanol–water partition coefficient (Wildman–Crippen LogP) is 3.03. The molecule has 140 valence electrons. The van der Waals surface area contributed by atoms with E-state index in [1.165, 1.54) is 37.4 Å². The lowest BCUT2D eigenvalue weighted by Gasteiger charge is -2.24. The SMILES string of the molecule is COC(=O)[C@H]1C(c2c(F)cccc2Cl)=NN(c2ccccc2)[C@@H]1C(=O)OC. The molecule has 0 aliphatic carbocycles. The van der Waals surface area contributed by atoms with E-state index >= 15 is 0 Å². The first-order valence-corrected chi connectivity index (χ1v) is 8.40. The molecule has 2 atom stereocenters. The number of halogens is 2. The van der Waals surface area contributed by atoms with E-state index in [4.69, 9.17) is 21.1 Å². The highest BCUT2D eigenvalue weighted by Gasteiger charge is 2.49. The molecule has 0 unspecified atom stereocenters. The van der Waals surface area contributed by atoms with Crippen LogP contribution in [0, 0.1) is 11.7 Å². The number of carbonyl (C=O) groups is 2. The zero-order chi connectivity index (χ0) is 19.6. The van der Waals surface area contributed by atoms with E-state index in [0.717, 1.165) is 0 Å². The van der Waals surface area contributed by atoms with Gasteiger partial charge in [0, 0.05) is 0 Å². The summed E-state index contributed by atoms with van der Waals surface area (Å²) in [5, 5.41) is 5.77. The summed E-state index contributed by atoms with van der Waals surface area (Å²) in [5.74, 6) is -3.33. The average Bonchev–Trinajstić information content (AvgIpc) is 3.07. The Morgan fingerprint density at radius 3 is 2.30 bits per heavy atom. The first-order valence-electron chi connectivity index (χ1n) is 8.02. The number of esters is 2. The van der Waals surface area contributed by atoms with Gasteiger partial charge in [-0.25, -0.2) is 14.2 Å². The summed E-state index contributed by atoms with van der Waals surface area (Å²) >= 11 is 6.17. The molecule has 0 radical (unpaired) electrons. The number of hydrazone groups is 1. The van der Waals surface area contributed by atoms with Gasteiger partial charge in [0.25, 0.3) is 0 Å². The Kier molecular flexibility index (Phi) is 5.41. The van der Waals surface area contributed by atoms with Gasteiger partial charge in [0.15, 0.2) is 6.04 Å². The van der Waals surface area contributed by atoms with Crippen LogP contribution >= 0.6 is 11.6 Å². The van der Waals surface area contributed by atoms with E-state index in [1.807, 2.05) is 0 Å². The lowest BCUT2D eigenvalue weighted by atomic mass is 9.90. The van der Waals surface area contributed by atoms with Crippen molar-refractivity contribution in [1.82, 2.24) is 0 Å². The summed E-state index contributed by atoms with van der Waals surface area (Å²) in [6.07, 6.45) is 0. The van der Waals surface area contributed by atoms with E-state index in [-0.39, 0.29) is 16.3 Å². The highest BCUT2D eigenvalue weighted by atomic mass is 35.5. The monoisotopic (exact) mass is 390 g/mol. The van der Waals surface area contributed by atoms with Crippen molar-refractivity contribution in [3.05, 3.63) is 64.9 Å². The number of anilines is 1. The second kappa shape index (κ2) is 7.75. The summed E-state index contributed by atoms with van der Waals surface area (Å²) in [6.45, 7) is 0. The minimum atomic E-state index is -1.21. The van der Waals surface area contributed by atoms with Gasteiger partial charge in [0.2, 0.25) is 0 Å². The molecule has 0 spiro atoms. The lowest BCUT2D eigenvalue weighted by Crippen LogP contribution is -2.45. The second-order valence-corrected chi connectivity index (χ2v) is 6.14. The van der Waals surface area contributed by atoms with Crippen LogP contribution in [0.2, 0.25) is 5.02 Å². The third-order valence-corrected chi connectivity index (χ3v) is 4.54. The van der Waals surface area contributed by atoms with Gasteiger partial charge in [0.1, 0.15) is 11.7 Å². The third-order valence-electron chi connectivity index (χ3n) is 4.23. The van der Waals surface area contributed by atoms with Crippen molar-refractivity contribution in [2.45, 2.75) is 6.04 Å². The lowest BCUT2D eigenvalue weighted by molar-refractivity contribution is -0.150. The van der Waals surface area contributed by atoms with Crippen molar-refractivity contribution in [3.8, 4) is 0 Å². The fraction of sp³-hybridized carbons (Fsp3) is 0.211. The van der Waals surface area contributed by atoms with Gasteiger partial charge in [-0.3, -0.25) is 4.79 Å². The largest absolute Gasteiger partial charge is 0.468 e. The zero-order valence-corrected chi connectivity index (χ0v) is 15.3. The first-order chi connectivity index (χ1) is 13.0. The maximum absolute atomic E-state index is 14.5. The van der Waals surface area contributed by atoms with Crippen molar-refractivity contribution in [1.29, 1.82) is 0 Å². The topological polar surface area (TPSA) is 68.2 Å². The number of hydrogen-bond acceptors (Lipinski definition) is 6. The normalized spacial score (nSPS) is 18.8.